The maximum atomic E-state index is 13.2. The second-order valence-corrected chi connectivity index (χ2v) is 6.27. The Kier molecular flexibility index (Phi) is 4.42. The number of hydrazone groups is 1. The van der Waals surface area contributed by atoms with Crippen LogP contribution in [0.1, 0.15) is 12.0 Å². The highest BCUT2D eigenvalue weighted by atomic mass is 19.1. The molecule has 0 saturated carbocycles. The van der Waals surface area contributed by atoms with Crippen LogP contribution in [0, 0.1) is 17.6 Å². The highest BCUT2D eigenvalue weighted by molar-refractivity contribution is 6.05. The van der Waals surface area contributed by atoms with Crippen LogP contribution in [-0.2, 0) is 0 Å². The molecule has 0 bridgehead atoms. The van der Waals surface area contributed by atoms with E-state index in [0.29, 0.717) is 12.1 Å². The number of halogens is 2. The van der Waals surface area contributed by atoms with Crippen LogP contribution in [0.4, 0.5) is 19.3 Å². The lowest BCUT2D eigenvalue weighted by Crippen LogP contribution is -2.31. The van der Waals surface area contributed by atoms with E-state index in [1.807, 2.05) is 12.2 Å². The van der Waals surface area contributed by atoms with Gasteiger partial charge < -0.3 is 10.6 Å². The molecule has 2 aromatic carbocycles. The first-order valence-electron chi connectivity index (χ1n) is 8.42. The molecule has 1 unspecified atom stereocenters. The highest BCUT2D eigenvalue weighted by Crippen LogP contribution is 2.30. The van der Waals surface area contributed by atoms with E-state index in [2.05, 4.69) is 21.2 Å². The van der Waals surface area contributed by atoms with Crippen LogP contribution in [0.15, 0.2) is 77.2 Å². The summed E-state index contributed by atoms with van der Waals surface area (Å²) >= 11 is 0. The highest BCUT2D eigenvalue weighted by Gasteiger charge is 2.30. The first-order chi connectivity index (χ1) is 13.1. The molecule has 5 nitrogen and oxygen atoms in total. The molecule has 0 radical (unpaired) electrons. The van der Waals surface area contributed by atoms with Crippen LogP contribution in [0.25, 0.3) is 0 Å². The van der Waals surface area contributed by atoms with Crippen molar-refractivity contribution < 1.29 is 13.6 Å². The lowest BCUT2D eigenvalue weighted by Gasteiger charge is -2.20. The zero-order chi connectivity index (χ0) is 18.8. The predicted octanol–water partition coefficient (Wildman–Crippen LogP) is 3.88. The van der Waals surface area contributed by atoms with Gasteiger partial charge in [-0.25, -0.2) is 13.6 Å². The molecule has 0 fully saturated rings. The zero-order valence-electron chi connectivity index (χ0n) is 14.2. The van der Waals surface area contributed by atoms with Crippen molar-refractivity contribution >= 4 is 17.4 Å². The van der Waals surface area contributed by atoms with Crippen molar-refractivity contribution in [3.05, 3.63) is 89.3 Å². The molecule has 0 aromatic heterocycles. The minimum absolute atomic E-state index is 0.0402. The Morgan fingerprint density at radius 1 is 0.963 bits per heavy atom. The average molecular weight is 366 g/mol. The lowest BCUT2D eigenvalue weighted by atomic mass is 9.88. The maximum absolute atomic E-state index is 13.2. The third kappa shape index (κ3) is 3.72. The van der Waals surface area contributed by atoms with Crippen LogP contribution < -0.4 is 16.1 Å². The summed E-state index contributed by atoms with van der Waals surface area (Å²) in [5.74, 6) is -0.707. The fourth-order valence-electron chi connectivity index (χ4n) is 3.09. The van der Waals surface area contributed by atoms with Gasteiger partial charge in [-0.1, -0.05) is 12.1 Å². The fourth-order valence-corrected chi connectivity index (χ4v) is 3.09. The summed E-state index contributed by atoms with van der Waals surface area (Å²) in [6, 6.07) is 11.3. The molecule has 0 saturated heterocycles. The van der Waals surface area contributed by atoms with Gasteiger partial charge in [0.1, 0.15) is 11.6 Å². The summed E-state index contributed by atoms with van der Waals surface area (Å²) in [7, 11) is 0. The first kappa shape index (κ1) is 17.0. The van der Waals surface area contributed by atoms with E-state index >= 15 is 0 Å². The van der Waals surface area contributed by atoms with E-state index in [-0.39, 0.29) is 17.6 Å². The van der Waals surface area contributed by atoms with Crippen molar-refractivity contribution in [2.75, 3.05) is 5.32 Å². The number of amides is 2. The number of hydrogen-bond acceptors (Lipinski definition) is 3. The first-order valence-corrected chi connectivity index (χ1v) is 8.42. The van der Waals surface area contributed by atoms with Crippen LogP contribution in [0.3, 0.4) is 0 Å². The molecule has 3 N–H and O–H groups in total. The molecule has 1 aliphatic heterocycles. The lowest BCUT2D eigenvalue weighted by molar-refractivity contribution is 0.254. The second kappa shape index (κ2) is 7.03. The number of benzene rings is 2. The van der Waals surface area contributed by atoms with Crippen LogP contribution in [0.2, 0.25) is 0 Å². The number of rotatable bonds is 3. The number of anilines is 1. The number of nitrogens with one attached hydrogen (secondary N) is 3. The van der Waals surface area contributed by atoms with E-state index in [1.165, 1.54) is 36.4 Å². The monoisotopic (exact) mass is 366 g/mol. The zero-order valence-corrected chi connectivity index (χ0v) is 14.2. The molecular weight excluding hydrogens is 350 g/mol. The van der Waals surface area contributed by atoms with Gasteiger partial charge in [-0.3, -0.25) is 5.43 Å². The summed E-state index contributed by atoms with van der Waals surface area (Å²) in [6.45, 7) is 0. The topological polar surface area (TPSA) is 65.5 Å². The van der Waals surface area contributed by atoms with Gasteiger partial charge in [0, 0.05) is 23.5 Å². The van der Waals surface area contributed by atoms with Gasteiger partial charge in [0.25, 0.3) is 0 Å². The van der Waals surface area contributed by atoms with Gasteiger partial charge in [-0.05, 0) is 54.1 Å². The maximum Gasteiger partial charge on any atom is 0.323 e. The largest absolute Gasteiger partial charge is 0.323 e. The van der Waals surface area contributed by atoms with Crippen LogP contribution >= 0.6 is 0 Å². The third-order valence-corrected chi connectivity index (χ3v) is 4.42. The summed E-state index contributed by atoms with van der Waals surface area (Å²) in [5, 5.41) is 9.81. The Bertz CT molecular complexity index is 962. The molecule has 1 heterocycles. The van der Waals surface area contributed by atoms with Crippen LogP contribution in [-0.4, -0.2) is 11.7 Å². The van der Waals surface area contributed by atoms with Crippen molar-refractivity contribution in [1.82, 2.24) is 10.7 Å². The van der Waals surface area contributed by atoms with Crippen molar-refractivity contribution in [2.24, 2.45) is 11.0 Å². The summed E-state index contributed by atoms with van der Waals surface area (Å²) in [6.07, 6.45) is 4.22. The Hall–Kier alpha value is -3.48. The van der Waals surface area contributed by atoms with E-state index in [9.17, 15) is 13.6 Å². The van der Waals surface area contributed by atoms with Gasteiger partial charge in [0.15, 0.2) is 0 Å². The predicted molar refractivity (Wildman–Crippen MR) is 98.9 cm³/mol. The van der Waals surface area contributed by atoms with Gasteiger partial charge in [0.05, 0.1) is 11.6 Å². The smallest absolute Gasteiger partial charge is 0.311 e. The molecule has 2 aliphatic rings. The Labute approximate surface area is 154 Å². The van der Waals surface area contributed by atoms with E-state index in [1.54, 1.807) is 12.1 Å². The average Bonchev–Trinajstić information content (AvgIpc) is 3.07. The Morgan fingerprint density at radius 3 is 2.33 bits per heavy atom. The standard InChI is InChI=1S/C20H16F2N4O/c21-13-3-1-12(2-4-13)19-17-11-16(9-10-18(17)25-26-19)24-20(27)23-15-7-5-14(22)6-8-15/h1-10,17,25H,11H2,(H2,23,24,27). The second-order valence-electron chi connectivity index (χ2n) is 6.27. The van der Waals surface area contributed by atoms with Gasteiger partial charge in [-0.15, -0.1) is 0 Å². The SMILES string of the molecule is O=C(NC1=CC=C2NN=C(c3ccc(F)cc3)C2C1)Nc1ccc(F)cc1. The number of hydrogen-bond donors (Lipinski definition) is 3. The van der Waals surface area contributed by atoms with Gasteiger partial charge in [0.2, 0.25) is 0 Å². The van der Waals surface area contributed by atoms with E-state index < -0.39 is 6.03 Å². The molecule has 1 aliphatic carbocycles. The number of allylic oxidation sites excluding steroid dienone is 4. The summed E-state index contributed by atoms with van der Waals surface area (Å²) in [5.41, 5.74) is 6.77. The molecule has 27 heavy (non-hydrogen) atoms. The molecular formula is C20H16F2N4O. The molecule has 4 rings (SSSR count). The number of fused-ring (bicyclic) bond motifs is 1. The molecule has 2 amide bonds. The number of carbonyl (C=O) groups is 1. The molecule has 7 heteroatoms. The van der Waals surface area contributed by atoms with Crippen molar-refractivity contribution in [1.29, 1.82) is 0 Å². The van der Waals surface area contributed by atoms with Gasteiger partial charge in [-0.2, -0.15) is 5.10 Å². The minimum Gasteiger partial charge on any atom is -0.311 e. The number of carbonyl (C=O) groups excluding carboxylic acids is 1. The van der Waals surface area contributed by atoms with Crippen molar-refractivity contribution in [3.8, 4) is 0 Å². The molecule has 0 spiro atoms. The van der Waals surface area contributed by atoms with Crippen molar-refractivity contribution in [2.45, 2.75) is 6.42 Å². The summed E-state index contributed by atoms with van der Waals surface area (Å²) in [4.78, 5) is 12.2. The third-order valence-electron chi connectivity index (χ3n) is 4.42. The Morgan fingerprint density at radius 2 is 1.63 bits per heavy atom. The van der Waals surface area contributed by atoms with Crippen LogP contribution in [0.5, 0.6) is 0 Å². The summed E-state index contributed by atoms with van der Waals surface area (Å²) < 4.78 is 26.1. The quantitative estimate of drug-likeness (QED) is 0.772. The molecule has 1 atom stereocenters. The number of urea groups is 1. The minimum atomic E-state index is -0.407. The molecule has 2 aromatic rings. The Balaban J connectivity index is 1.43. The van der Waals surface area contributed by atoms with Gasteiger partial charge >= 0.3 is 6.03 Å². The number of nitrogens with zero attached hydrogens (tertiary/aromatic N) is 1. The van der Waals surface area contributed by atoms with Crippen molar-refractivity contribution in [3.63, 3.8) is 0 Å². The molecule has 136 valence electrons. The fraction of sp³-hybridized carbons (Fsp3) is 0.100. The van der Waals surface area contributed by atoms with E-state index in [4.69, 9.17) is 0 Å². The normalized spacial score (nSPS) is 17.9. The van der Waals surface area contributed by atoms with E-state index in [0.717, 1.165) is 22.7 Å².